The molecule has 4 heteroatoms. The maximum Gasteiger partial charge on any atom is 0.141 e. The van der Waals surface area contributed by atoms with E-state index >= 15 is 0 Å². The molecule has 1 aromatic heterocycles. The van der Waals surface area contributed by atoms with Crippen molar-refractivity contribution in [1.82, 2.24) is 4.98 Å². The van der Waals surface area contributed by atoms with Gasteiger partial charge in [-0.2, -0.15) is 0 Å². The summed E-state index contributed by atoms with van der Waals surface area (Å²) in [6.45, 7) is 3.75. The fourth-order valence-electron chi connectivity index (χ4n) is 2.46. The van der Waals surface area contributed by atoms with Crippen LogP contribution in [0.3, 0.4) is 0 Å². The first-order valence-electron chi connectivity index (χ1n) is 6.06. The van der Waals surface area contributed by atoms with Gasteiger partial charge in [0.2, 0.25) is 0 Å². The zero-order chi connectivity index (χ0) is 12.3. The minimum atomic E-state index is -0.0787. The van der Waals surface area contributed by atoms with Crippen molar-refractivity contribution in [3.8, 4) is 5.75 Å². The Balaban J connectivity index is 2.20. The molecule has 1 fully saturated rings. The predicted molar refractivity (Wildman–Crippen MR) is 65.8 cm³/mol. The molecule has 1 aliphatic rings. The van der Waals surface area contributed by atoms with Crippen molar-refractivity contribution < 1.29 is 9.47 Å². The molecule has 2 N–H and O–H groups in total. The average Bonchev–Trinajstić information content (AvgIpc) is 2.38. The Kier molecular flexibility index (Phi) is 3.97. The lowest BCUT2D eigenvalue weighted by molar-refractivity contribution is 0.0147. The third kappa shape index (κ3) is 2.58. The Hall–Kier alpha value is -1.13. The average molecular weight is 236 g/mol. The molecular weight excluding hydrogens is 216 g/mol. The Morgan fingerprint density at radius 2 is 2.41 bits per heavy atom. The van der Waals surface area contributed by atoms with Crippen molar-refractivity contribution >= 4 is 0 Å². The van der Waals surface area contributed by atoms with E-state index in [1.807, 2.05) is 12.1 Å². The summed E-state index contributed by atoms with van der Waals surface area (Å²) in [6.07, 6.45) is 2.75. The summed E-state index contributed by atoms with van der Waals surface area (Å²) in [4.78, 5) is 4.37. The van der Waals surface area contributed by atoms with Crippen LogP contribution in [0.15, 0.2) is 18.3 Å². The molecule has 94 valence electrons. The van der Waals surface area contributed by atoms with Crippen molar-refractivity contribution in [3.05, 3.63) is 24.0 Å². The molecule has 0 radical (unpaired) electrons. The summed E-state index contributed by atoms with van der Waals surface area (Å²) >= 11 is 0. The molecule has 2 rings (SSSR count). The zero-order valence-electron chi connectivity index (χ0n) is 10.4. The molecule has 0 aliphatic carbocycles. The highest BCUT2D eigenvalue weighted by atomic mass is 16.5. The summed E-state index contributed by atoms with van der Waals surface area (Å²) in [5.41, 5.74) is 7.19. The van der Waals surface area contributed by atoms with E-state index in [4.69, 9.17) is 15.2 Å². The molecule has 0 saturated carbocycles. The lowest BCUT2D eigenvalue weighted by Gasteiger charge is -2.33. The van der Waals surface area contributed by atoms with Crippen LogP contribution in [0.4, 0.5) is 0 Å². The largest absolute Gasteiger partial charge is 0.495 e. The summed E-state index contributed by atoms with van der Waals surface area (Å²) < 4.78 is 10.8. The van der Waals surface area contributed by atoms with Crippen LogP contribution >= 0.6 is 0 Å². The molecule has 3 unspecified atom stereocenters. The second-order valence-electron chi connectivity index (χ2n) is 4.62. The summed E-state index contributed by atoms with van der Waals surface area (Å²) in [7, 11) is 1.65. The van der Waals surface area contributed by atoms with Crippen molar-refractivity contribution in [2.24, 2.45) is 17.6 Å². The molecule has 0 spiro atoms. The quantitative estimate of drug-likeness (QED) is 0.869. The predicted octanol–water partition coefficient (Wildman–Crippen LogP) is 1.76. The van der Waals surface area contributed by atoms with E-state index in [0.29, 0.717) is 11.8 Å². The third-order valence-electron chi connectivity index (χ3n) is 3.50. The Bertz CT molecular complexity index is 370. The van der Waals surface area contributed by atoms with Gasteiger partial charge in [0.05, 0.1) is 18.8 Å². The Morgan fingerprint density at radius 3 is 3.12 bits per heavy atom. The minimum absolute atomic E-state index is 0.0787. The van der Waals surface area contributed by atoms with E-state index in [-0.39, 0.29) is 6.04 Å². The van der Waals surface area contributed by atoms with E-state index < -0.39 is 0 Å². The van der Waals surface area contributed by atoms with Crippen LogP contribution in [-0.4, -0.2) is 25.3 Å². The molecule has 1 aromatic rings. The fraction of sp³-hybridized carbons (Fsp3) is 0.615. The van der Waals surface area contributed by atoms with Gasteiger partial charge in [-0.05, 0) is 30.4 Å². The smallest absolute Gasteiger partial charge is 0.141 e. The van der Waals surface area contributed by atoms with Crippen LogP contribution < -0.4 is 10.5 Å². The number of rotatable bonds is 3. The van der Waals surface area contributed by atoms with Gasteiger partial charge in [-0.1, -0.05) is 6.92 Å². The number of methoxy groups -OCH3 is 1. The summed E-state index contributed by atoms with van der Waals surface area (Å²) in [6, 6.07) is 3.69. The first kappa shape index (κ1) is 12.3. The first-order chi connectivity index (χ1) is 8.24. The molecule has 4 nitrogen and oxygen atoms in total. The van der Waals surface area contributed by atoms with Crippen LogP contribution in [-0.2, 0) is 4.74 Å². The van der Waals surface area contributed by atoms with E-state index in [0.717, 1.165) is 31.1 Å². The van der Waals surface area contributed by atoms with Crippen LogP contribution in [0.25, 0.3) is 0 Å². The normalized spacial score (nSPS) is 26.5. The monoisotopic (exact) mass is 236 g/mol. The van der Waals surface area contributed by atoms with Gasteiger partial charge in [0.25, 0.3) is 0 Å². The maximum absolute atomic E-state index is 6.34. The van der Waals surface area contributed by atoms with Crippen molar-refractivity contribution in [3.63, 3.8) is 0 Å². The number of ether oxygens (including phenoxy) is 2. The molecule has 2 heterocycles. The first-order valence-corrected chi connectivity index (χ1v) is 6.06. The van der Waals surface area contributed by atoms with Crippen LogP contribution in [0, 0.1) is 11.8 Å². The van der Waals surface area contributed by atoms with Crippen molar-refractivity contribution in [1.29, 1.82) is 0 Å². The standard InChI is InChI=1S/C13H20N2O2/c1-9-8-17-7-5-10(9)12(14)13-11(16-2)4-3-6-15-13/h3-4,6,9-10,12H,5,7-8,14H2,1-2H3. The van der Waals surface area contributed by atoms with Crippen molar-refractivity contribution in [2.75, 3.05) is 20.3 Å². The number of aromatic nitrogens is 1. The van der Waals surface area contributed by atoms with Crippen LogP contribution in [0.1, 0.15) is 25.1 Å². The molecule has 0 aromatic carbocycles. The van der Waals surface area contributed by atoms with E-state index in [9.17, 15) is 0 Å². The second-order valence-corrected chi connectivity index (χ2v) is 4.62. The lowest BCUT2D eigenvalue weighted by Crippen LogP contribution is -2.34. The van der Waals surface area contributed by atoms with Gasteiger partial charge < -0.3 is 15.2 Å². The summed E-state index contributed by atoms with van der Waals surface area (Å²) in [5, 5.41) is 0. The minimum Gasteiger partial charge on any atom is -0.495 e. The number of nitrogens with zero attached hydrogens (tertiary/aromatic N) is 1. The highest BCUT2D eigenvalue weighted by Crippen LogP contribution is 2.34. The van der Waals surface area contributed by atoms with E-state index in [2.05, 4.69) is 11.9 Å². The molecule has 1 saturated heterocycles. The van der Waals surface area contributed by atoms with E-state index in [1.54, 1.807) is 13.3 Å². The number of nitrogens with two attached hydrogens (primary N) is 1. The van der Waals surface area contributed by atoms with Gasteiger partial charge >= 0.3 is 0 Å². The molecular formula is C13H20N2O2. The molecule has 3 atom stereocenters. The van der Waals surface area contributed by atoms with Crippen LogP contribution in [0.2, 0.25) is 0 Å². The molecule has 0 bridgehead atoms. The van der Waals surface area contributed by atoms with Gasteiger partial charge in [-0.3, -0.25) is 4.98 Å². The lowest BCUT2D eigenvalue weighted by atomic mass is 9.82. The maximum atomic E-state index is 6.34. The number of hydrogen-bond acceptors (Lipinski definition) is 4. The SMILES string of the molecule is COc1cccnc1C(N)C1CCOCC1C. The Morgan fingerprint density at radius 1 is 1.59 bits per heavy atom. The third-order valence-corrected chi connectivity index (χ3v) is 3.50. The van der Waals surface area contributed by atoms with Gasteiger partial charge in [0.1, 0.15) is 5.75 Å². The summed E-state index contributed by atoms with van der Waals surface area (Å²) in [5.74, 6) is 1.65. The highest BCUT2D eigenvalue weighted by molar-refractivity contribution is 5.29. The molecule has 0 amide bonds. The van der Waals surface area contributed by atoms with Crippen LogP contribution in [0.5, 0.6) is 5.75 Å². The number of pyridine rings is 1. The zero-order valence-corrected chi connectivity index (χ0v) is 10.4. The Labute approximate surface area is 102 Å². The van der Waals surface area contributed by atoms with Gasteiger partial charge in [-0.15, -0.1) is 0 Å². The van der Waals surface area contributed by atoms with Crippen molar-refractivity contribution in [2.45, 2.75) is 19.4 Å². The number of hydrogen-bond donors (Lipinski definition) is 1. The van der Waals surface area contributed by atoms with E-state index in [1.165, 1.54) is 0 Å². The highest BCUT2D eigenvalue weighted by Gasteiger charge is 2.30. The fourth-order valence-corrected chi connectivity index (χ4v) is 2.46. The molecule has 1 aliphatic heterocycles. The topological polar surface area (TPSA) is 57.4 Å². The van der Waals surface area contributed by atoms with Gasteiger partial charge in [0.15, 0.2) is 0 Å². The second kappa shape index (κ2) is 5.47. The van der Waals surface area contributed by atoms with Gasteiger partial charge in [-0.25, -0.2) is 0 Å². The molecule has 17 heavy (non-hydrogen) atoms. The van der Waals surface area contributed by atoms with Gasteiger partial charge in [0, 0.05) is 19.4 Å².